The van der Waals surface area contributed by atoms with Gasteiger partial charge in [-0.2, -0.15) is 21.6 Å². The quantitative estimate of drug-likeness (QED) is 0.292. The molecule has 0 aromatic heterocycles. The van der Waals surface area contributed by atoms with E-state index in [0.717, 1.165) is 12.1 Å². The van der Waals surface area contributed by atoms with Crippen molar-refractivity contribution in [2.45, 2.75) is 5.51 Å². The highest BCUT2D eigenvalue weighted by atomic mass is 32.2. The maximum absolute atomic E-state index is 12.4. The van der Waals surface area contributed by atoms with Gasteiger partial charge in [-0.15, -0.1) is 0 Å². The van der Waals surface area contributed by atoms with Gasteiger partial charge in [0, 0.05) is 10.9 Å². The maximum Gasteiger partial charge on any atom is 0.534 e. The van der Waals surface area contributed by atoms with E-state index in [1.165, 1.54) is 24.3 Å². The van der Waals surface area contributed by atoms with Gasteiger partial charge in [0.1, 0.15) is 0 Å². The molecule has 0 aliphatic heterocycles. The Kier molecular flexibility index (Phi) is 3.98. The monoisotopic (exact) mass is 334 g/mol. The predicted octanol–water partition coefficient (Wildman–Crippen LogP) is 1.67. The lowest BCUT2D eigenvalue weighted by Gasteiger charge is -2.13. The van der Waals surface area contributed by atoms with E-state index in [9.17, 15) is 26.4 Å². The number of fused-ring (bicyclic) bond motifs is 1. The van der Waals surface area contributed by atoms with Crippen molar-refractivity contribution >= 4 is 26.8 Å². The van der Waals surface area contributed by atoms with E-state index in [-0.39, 0.29) is 16.3 Å². The zero-order valence-electron chi connectivity index (χ0n) is 10.7. The number of carbonyl (C=O) groups is 1. The predicted molar refractivity (Wildman–Crippen MR) is 71.2 cm³/mol. The normalized spacial score (nSPS) is 12.2. The number of halogens is 3. The second-order valence-electron chi connectivity index (χ2n) is 4.11. The van der Waals surface area contributed by atoms with E-state index in [2.05, 4.69) is 4.18 Å². The van der Waals surface area contributed by atoms with Crippen LogP contribution in [0.25, 0.3) is 10.8 Å². The van der Waals surface area contributed by atoms with Gasteiger partial charge in [0.05, 0.1) is 0 Å². The Hall–Kier alpha value is -2.33. The van der Waals surface area contributed by atoms with Crippen LogP contribution in [0.1, 0.15) is 10.4 Å². The molecule has 2 aromatic rings. The molecule has 0 heterocycles. The summed E-state index contributed by atoms with van der Waals surface area (Å²) in [5, 5.41) is 0.219. The van der Waals surface area contributed by atoms with Crippen LogP contribution in [-0.2, 0) is 10.1 Å². The highest BCUT2D eigenvalue weighted by Gasteiger charge is 2.48. The number of amides is 1. The molecule has 0 aliphatic rings. The van der Waals surface area contributed by atoms with Gasteiger partial charge in [-0.3, -0.25) is 10.2 Å². The topological polar surface area (TPSA) is 98.5 Å². The van der Waals surface area contributed by atoms with E-state index < -0.39 is 27.3 Å². The Morgan fingerprint density at radius 2 is 1.68 bits per heavy atom. The molecule has 0 bridgehead atoms. The van der Waals surface area contributed by atoms with Crippen LogP contribution >= 0.6 is 0 Å². The zero-order valence-corrected chi connectivity index (χ0v) is 11.5. The fraction of sp³-hybridized carbons (Fsp3) is 0.0833. The van der Waals surface area contributed by atoms with Crippen LogP contribution in [-0.4, -0.2) is 19.8 Å². The smallest absolute Gasteiger partial charge is 0.375 e. The van der Waals surface area contributed by atoms with Crippen molar-refractivity contribution in [1.82, 2.24) is 5.43 Å². The molecule has 0 saturated carbocycles. The van der Waals surface area contributed by atoms with Crippen molar-refractivity contribution in [1.29, 1.82) is 0 Å². The first-order valence-electron chi connectivity index (χ1n) is 5.71. The second kappa shape index (κ2) is 5.46. The Bertz CT molecular complexity index is 834. The average molecular weight is 334 g/mol. The van der Waals surface area contributed by atoms with Crippen LogP contribution in [0.15, 0.2) is 36.4 Å². The van der Waals surface area contributed by atoms with Gasteiger partial charge >= 0.3 is 15.6 Å². The molecule has 6 nitrogen and oxygen atoms in total. The maximum atomic E-state index is 12.4. The van der Waals surface area contributed by atoms with Crippen molar-refractivity contribution in [2.75, 3.05) is 0 Å². The molecule has 10 heteroatoms. The summed E-state index contributed by atoms with van der Waals surface area (Å²) in [5.41, 5.74) is -3.60. The van der Waals surface area contributed by atoms with Gasteiger partial charge in [0.2, 0.25) is 0 Å². The Labute approximate surface area is 122 Å². The molecular formula is C12H9F3N2O4S. The van der Waals surface area contributed by atoms with Gasteiger partial charge in [0.25, 0.3) is 5.91 Å². The first-order valence-corrected chi connectivity index (χ1v) is 7.11. The van der Waals surface area contributed by atoms with Gasteiger partial charge in [-0.25, -0.2) is 5.84 Å². The number of nitrogens with one attached hydrogen (secondary N) is 1. The number of benzene rings is 2. The standard InChI is InChI=1S/C12H9F3N2O4S/c13-12(14,15)22(19,20)21-10-6-5-9(11(18)17-16)7-3-1-2-4-8(7)10/h1-6H,16H2,(H,17,18). The lowest BCUT2D eigenvalue weighted by molar-refractivity contribution is -0.0499. The number of alkyl halides is 3. The van der Waals surface area contributed by atoms with Crippen molar-refractivity contribution in [3.05, 3.63) is 42.0 Å². The lowest BCUT2D eigenvalue weighted by atomic mass is 10.0. The van der Waals surface area contributed by atoms with Gasteiger partial charge in [0.15, 0.2) is 5.75 Å². The summed E-state index contributed by atoms with van der Waals surface area (Å²) in [4.78, 5) is 11.6. The third-order valence-corrected chi connectivity index (χ3v) is 3.71. The number of rotatable bonds is 3. The summed E-state index contributed by atoms with van der Waals surface area (Å²) in [5.74, 6) is 3.80. The lowest BCUT2D eigenvalue weighted by Crippen LogP contribution is -2.30. The second-order valence-corrected chi connectivity index (χ2v) is 5.65. The summed E-state index contributed by atoms with van der Waals surface area (Å²) in [6, 6.07) is 7.80. The average Bonchev–Trinajstić information content (AvgIpc) is 2.45. The Balaban J connectivity index is 2.61. The van der Waals surface area contributed by atoms with Crippen molar-refractivity contribution in [3.8, 4) is 5.75 Å². The summed E-state index contributed by atoms with van der Waals surface area (Å²) in [6.45, 7) is 0. The minimum atomic E-state index is -5.81. The Morgan fingerprint density at radius 3 is 2.23 bits per heavy atom. The molecule has 0 aliphatic carbocycles. The van der Waals surface area contributed by atoms with Crippen LogP contribution in [0.3, 0.4) is 0 Å². The fourth-order valence-corrected chi connectivity index (χ4v) is 2.26. The number of nitrogens with two attached hydrogens (primary N) is 1. The minimum absolute atomic E-state index is 0.0245. The molecule has 0 fully saturated rings. The van der Waals surface area contributed by atoms with Crippen molar-refractivity contribution < 1.29 is 30.6 Å². The number of nitrogen functional groups attached to an aromatic ring is 1. The molecule has 1 amide bonds. The molecular weight excluding hydrogens is 325 g/mol. The summed E-state index contributed by atoms with van der Waals surface area (Å²) < 4.78 is 63.5. The van der Waals surface area contributed by atoms with E-state index in [0.29, 0.717) is 0 Å². The van der Waals surface area contributed by atoms with E-state index >= 15 is 0 Å². The number of hydrogen-bond donors (Lipinski definition) is 2. The van der Waals surface area contributed by atoms with Crippen molar-refractivity contribution in [2.24, 2.45) is 5.84 Å². The minimum Gasteiger partial charge on any atom is -0.375 e. The molecule has 118 valence electrons. The van der Waals surface area contributed by atoms with Gasteiger partial charge in [-0.05, 0) is 17.5 Å². The van der Waals surface area contributed by atoms with E-state index in [4.69, 9.17) is 5.84 Å². The first-order chi connectivity index (χ1) is 10.2. The van der Waals surface area contributed by atoms with Crippen LogP contribution in [0.5, 0.6) is 5.75 Å². The van der Waals surface area contributed by atoms with E-state index in [1.807, 2.05) is 5.43 Å². The molecule has 0 saturated heterocycles. The number of hydrogen-bond acceptors (Lipinski definition) is 5. The van der Waals surface area contributed by atoms with Crippen LogP contribution in [0.2, 0.25) is 0 Å². The number of hydrazine groups is 1. The molecule has 2 rings (SSSR count). The molecule has 0 atom stereocenters. The van der Waals surface area contributed by atoms with Gasteiger partial charge < -0.3 is 4.18 Å². The SMILES string of the molecule is NNC(=O)c1ccc(OS(=O)(=O)C(F)(F)F)c2ccccc12. The first kappa shape index (κ1) is 16.0. The molecule has 0 spiro atoms. The van der Waals surface area contributed by atoms with Crippen LogP contribution in [0, 0.1) is 0 Å². The number of carbonyl (C=O) groups excluding carboxylic acids is 1. The summed E-state index contributed by atoms with van der Waals surface area (Å²) >= 11 is 0. The molecule has 0 unspecified atom stereocenters. The van der Waals surface area contributed by atoms with Crippen LogP contribution in [0.4, 0.5) is 13.2 Å². The van der Waals surface area contributed by atoms with Crippen LogP contribution < -0.4 is 15.5 Å². The highest BCUT2D eigenvalue weighted by molar-refractivity contribution is 7.88. The largest absolute Gasteiger partial charge is 0.534 e. The van der Waals surface area contributed by atoms with E-state index in [1.54, 1.807) is 0 Å². The zero-order chi connectivity index (χ0) is 16.5. The Morgan fingerprint density at radius 1 is 1.09 bits per heavy atom. The van der Waals surface area contributed by atoms with Gasteiger partial charge in [-0.1, -0.05) is 24.3 Å². The summed E-state index contributed by atoms with van der Waals surface area (Å²) in [7, 11) is -5.81. The third-order valence-electron chi connectivity index (χ3n) is 2.74. The molecule has 0 radical (unpaired) electrons. The molecule has 3 N–H and O–H groups in total. The molecule has 2 aromatic carbocycles. The molecule has 22 heavy (non-hydrogen) atoms. The fourth-order valence-electron chi connectivity index (χ4n) is 1.79. The summed E-state index contributed by atoms with van der Waals surface area (Å²) in [6.07, 6.45) is 0. The highest BCUT2D eigenvalue weighted by Crippen LogP contribution is 2.33. The van der Waals surface area contributed by atoms with Crippen molar-refractivity contribution in [3.63, 3.8) is 0 Å². The third kappa shape index (κ3) is 2.83.